The van der Waals surface area contributed by atoms with Crippen molar-refractivity contribution in [1.82, 2.24) is 4.57 Å². The van der Waals surface area contributed by atoms with E-state index in [1.54, 1.807) is 6.07 Å². The van der Waals surface area contributed by atoms with E-state index in [0.717, 1.165) is 38.5 Å². The second-order valence-electron chi connectivity index (χ2n) is 12.6. The maximum absolute atomic E-state index is 10.5. The second-order valence-corrected chi connectivity index (χ2v) is 12.6. The maximum Gasteiger partial charge on any atom is 0.101 e. The van der Waals surface area contributed by atoms with Gasteiger partial charge in [0.05, 0.1) is 45.5 Å². The van der Waals surface area contributed by atoms with Gasteiger partial charge in [-0.2, -0.15) is 15.8 Å². The van der Waals surface area contributed by atoms with Crippen LogP contribution in [-0.4, -0.2) is 4.57 Å². The molecule has 234 valence electrons. The van der Waals surface area contributed by atoms with Crippen LogP contribution in [0.4, 0.5) is 0 Å². The molecule has 51 heavy (non-hydrogen) atoms. The molecule has 1 heterocycles. The Bertz CT molecular complexity index is 2930. The molecule has 4 nitrogen and oxygen atoms in total. The molecule has 9 aromatic rings. The van der Waals surface area contributed by atoms with Crippen molar-refractivity contribution in [1.29, 1.82) is 15.8 Å². The zero-order valence-electron chi connectivity index (χ0n) is 27.3. The highest BCUT2D eigenvalue weighted by Crippen LogP contribution is 2.44. The van der Waals surface area contributed by atoms with Gasteiger partial charge >= 0.3 is 0 Å². The van der Waals surface area contributed by atoms with Crippen molar-refractivity contribution in [3.05, 3.63) is 174 Å². The molecule has 0 saturated heterocycles. The van der Waals surface area contributed by atoms with E-state index >= 15 is 0 Å². The van der Waals surface area contributed by atoms with Gasteiger partial charge in [-0.3, -0.25) is 0 Å². The summed E-state index contributed by atoms with van der Waals surface area (Å²) in [5.41, 5.74) is 10.1. The van der Waals surface area contributed by atoms with Gasteiger partial charge in [0, 0.05) is 16.3 Å². The maximum atomic E-state index is 10.5. The monoisotopic (exact) mass is 646 g/mol. The first-order chi connectivity index (χ1) is 25.2. The molecule has 0 fully saturated rings. The van der Waals surface area contributed by atoms with Gasteiger partial charge in [-0.05, 0) is 85.8 Å². The average molecular weight is 647 g/mol. The summed E-state index contributed by atoms with van der Waals surface area (Å²) in [5, 5.41) is 37.2. The summed E-state index contributed by atoms with van der Waals surface area (Å²) in [6.45, 7) is 0. The highest BCUT2D eigenvalue weighted by atomic mass is 15.0. The fourth-order valence-corrected chi connectivity index (χ4v) is 7.67. The van der Waals surface area contributed by atoms with Crippen molar-refractivity contribution in [2.24, 2.45) is 0 Å². The number of fused-ring (bicyclic) bond motifs is 5. The molecule has 0 spiro atoms. The lowest BCUT2D eigenvalue weighted by Crippen LogP contribution is -2.00. The van der Waals surface area contributed by atoms with E-state index in [1.807, 2.05) is 71.3 Å². The molecule has 0 unspecified atom stereocenters. The predicted octanol–water partition coefficient (Wildman–Crippen LogP) is 11.7. The number of rotatable bonds is 4. The summed E-state index contributed by atoms with van der Waals surface area (Å²) in [5.74, 6) is 0. The van der Waals surface area contributed by atoms with Crippen molar-refractivity contribution in [3.8, 4) is 57.3 Å². The minimum atomic E-state index is 0.452. The first-order valence-corrected chi connectivity index (χ1v) is 16.7. The van der Waals surface area contributed by atoms with Gasteiger partial charge in [0.15, 0.2) is 0 Å². The topological polar surface area (TPSA) is 76.3 Å². The molecule has 4 heteroatoms. The molecule has 0 atom stereocenters. The van der Waals surface area contributed by atoms with Crippen LogP contribution in [0, 0.1) is 34.0 Å². The van der Waals surface area contributed by atoms with Crippen LogP contribution in [0.25, 0.3) is 82.4 Å². The summed E-state index contributed by atoms with van der Waals surface area (Å²) in [6, 6.07) is 60.3. The van der Waals surface area contributed by atoms with Gasteiger partial charge in [-0.1, -0.05) is 121 Å². The van der Waals surface area contributed by atoms with Gasteiger partial charge in [0.1, 0.15) is 6.07 Å². The standard InChI is InChI=1S/C47H26N4/c48-27-30-18-23-44-42(24-30)36-12-8-9-17-43(36)51(44)45-26-34(28-49)41(25-35(45)29-50)31-19-21-33(22-20-31)47-39-15-6-4-13-37(39)46(32-10-2-1-3-11-32)38-14-5-7-16-40(38)47/h1-26H. The van der Waals surface area contributed by atoms with E-state index < -0.39 is 0 Å². The molecule has 9 rings (SSSR count). The van der Waals surface area contributed by atoms with E-state index in [2.05, 4.69) is 103 Å². The number of nitrogens with zero attached hydrogens (tertiary/aromatic N) is 4. The second kappa shape index (κ2) is 11.9. The fraction of sp³-hybridized carbons (Fsp3) is 0. The Kier molecular flexibility index (Phi) is 6.93. The smallest absolute Gasteiger partial charge is 0.101 e. The normalized spacial score (nSPS) is 11.1. The number of para-hydroxylation sites is 1. The lowest BCUT2D eigenvalue weighted by molar-refractivity contribution is 1.16. The van der Waals surface area contributed by atoms with Crippen LogP contribution < -0.4 is 0 Å². The van der Waals surface area contributed by atoms with E-state index in [-0.39, 0.29) is 0 Å². The third kappa shape index (κ3) is 4.66. The number of aromatic nitrogens is 1. The van der Waals surface area contributed by atoms with Crippen molar-refractivity contribution >= 4 is 43.4 Å². The van der Waals surface area contributed by atoms with Gasteiger partial charge in [-0.15, -0.1) is 0 Å². The highest BCUT2D eigenvalue weighted by Gasteiger charge is 2.20. The van der Waals surface area contributed by atoms with Gasteiger partial charge in [0.2, 0.25) is 0 Å². The molecular formula is C47H26N4. The molecule has 0 N–H and O–H groups in total. The number of hydrogen-bond acceptors (Lipinski definition) is 3. The van der Waals surface area contributed by atoms with Crippen LogP contribution in [0.1, 0.15) is 16.7 Å². The van der Waals surface area contributed by atoms with Gasteiger partial charge in [-0.25, -0.2) is 0 Å². The van der Waals surface area contributed by atoms with Crippen molar-refractivity contribution < 1.29 is 0 Å². The van der Waals surface area contributed by atoms with Crippen LogP contribution >= 0.6 is 0 Å². The Morgan fingerprint density at radius 2 is 0.882 bits per heavy atom. The lowest BCUT2D eigenvalue weighted by Gasteiger charge is -2.18. The number of benzene rings is 8. The molecule has 8 aromatic carbocycles. The van der Waals surface area contributed by atoms with Crippen LogP contribution in [0.2, 0.25) is 0 Å². The lowest BCUT2D eigenvalue weighted by atomic mass is 9.85. The van der Waals surface area contributed by atoms with Crippen molar-refractivity contribution in [2.45, 2.75) is 0 Å². The van der Waals surface area contributed by atoms with Crippen LogP contribution in [0.3, 0.4) is 0 Å². The SMILES string of the molecule is N#Cc1ccc2c(c1)c1ccccc1n2-c1cc(C#N)c(-c2ccc(-c3c4ccccc4c(-c4ccccc4)c4ccccc34)cc2)cc1C#N. The van der Waals surface area contributed by atoms with Gasteiger partial charge < -0.3 is 4.57 Å². The zero-order chi connectivity index (χ0) is 34.5. The molecule has 0 radical (unpaired) electrons. The van der Waals surface area contributed by atoms with Crippen LogP contribution in [0.5, 0.6) is 0 Å². The Balaban J connectivity index is 1.21. The summed E-state index contributed by atoms with van der Waals surface area (Å²) >= 11 is 0. The third-order valence-corrected chi connectivity index (χ3v) is 9.90. The molecule has 1 aromatic heterocycles. The van der Waals surface area contributed by atoms with E-state index in [0.29, 0.717) is 27.9 Å². The largest absolute Gasteiger partial charge is 0.308 e. The van der Waals surface area contributed by atoms with Crippen LogP contribution in [-0.2, 0) is 0 Å². The minimum absolute atomic E-state index is 0.452. The van der Waals surface area contributed by atoms with E-state index in [4.69, 9.17) is 0 Å². The van der Waals surface area contributed by atoms with Crippen molar-refractivity contribution in [2.75, 3.05) is 0 Å². The molecule has 0 amide bonds. The van der Waals surface area contributed by atoms with E-state index in [1.165, 1.54) is 32.7 Å². The predicted molar refractivity (Wildman–Crippen MR) is 206 cm³/mol. The van der Waals surface area contributed by atoms with Crippen molar-refractivity contribution in [3.63, 3.8) is 0 Å². The molecule has 0 aliphatic heterocycles. The Morgan fingerprint density at radius 3 is 1.47 bits per heavy atom. The summed E-state index contributed by atoms with van der Waals surface area (Å²) in [6.07, 6.45) is 0. The number of hydrogen-bond donors (Lipinski definition) is 0. The molecular weight excluding hydrogens is 621 g/mol. The summed E-state index contributed by atoms with van der Waals surface area (Å²) in [4.78, 5) is 0. The number of nitriles is 3. The minimum Gasteiger partial charge on any atom is -0.308 e. The van der Waals surface area contributed by atoms with E-state index in [9.17, 15) is 15.8 Å². The highest BCUT2D eigenvalue weighted by molar-refractivity contribution is 6.21. The molecule has 0 saturated carbocycles. The Morgan fingerprint density at radius 1 is 0.373 bits per heavy atom. The quantitative estimate of drug-likeness (QED) is 0.179. The third-order valence-electron chi connectivity index (χ3n) is 9.90. The first kappa shape index (κ1) is 29.7. The summed E-state index contributed by atoms with van der Waals surface area (Å²) < 4.78 is 2.02. The summed E-state index contributed by atoms with van der Waals surface area (Å²) in [7, 11) is 0. The Labute approximate surface area is 294 Å². The first-order valence-electron chi connectivity index (χ1n) is 16.7. The Hall–Kier alpha value is -7.45. The van der Waals surface area contributed by atoms with Crippen LogP contribution in [0.15, 0.2) is 158 Å². The zero-order valence-corrected chi connectivity index (χ0v) is 27.3. The average Bonchev–Trinajstić information content (AvgIpc) is 3.53. The molecule has 0 aliphatic carbocycles. The van der Waals surface area contributed by atoms with Gasteiger partial charge in [0.25, 0.3) is 0 Å². The fourth-order valence-electron chi connectivity index (χ4n) is 7.67. The molecule has 0 aliphatic rings. The molecule has 0 bridgehead atoms.